The van der Waals surface area contributed by atoms with E-state index < -0.39 is 0 Å². The van der Waals surface area contributed by atoms with E-state index in [0.29, 0.717) is 6.54 Å². The van der Waals surface area contributed by atoms with E-state index in [1.54, 1.807) is 5.51 Å². The molecule has 2 rings (SSSR count). The average molecular weight is 225 g/mol. The maximum Gasteiger partial charge on any atom is 0.188 e. The summed E-state index contributed by atoms with van der Waals surface area (Å²) >= 11 is 1.44. The summed E-state index contributed by atoms with van der Waals surface area (Å²) in [5.41, 5.74) is 2.60. The molecule has 5 heteroatoms. The molecule has 1 aromatic rings. The van der Waals surface area contributed by atoms with Crippen molar-refractivity contribution in [3.8, 4) is 0 Å². The largest absolute Gasteiger partial charge is 0.314 e. The van der Waals surface area contributed by atoms with E-state index in [4.69, 9.17) is 0 Å². The van der Waals surface area contributed by atoms with Crippen LogP contribution in [0.4, 0.5) is 0 Å². The second-order valence-corrected chi connectivity index (χ2v) is 4.57. The van der Waals surface area contributed by atoms with E-state index in [1.807, 2.05) is 6.92 Å². The van der Waals surface area contributed by atoms with E-state index in [1.165, 1.54) is 11.3 Å². The van der Waals surface area contributed by atoms with Gasteiger partial charge in [0, 0.05) is 26.2 Å². The smallest absolute Gasteiger partial charge is 0.188 e. The highest BCUT2D eigenvalue weighted by Gasteiger charge is 2.17. The molecule has 1 aliphatic heterocycles. The second kappa shape index (κ2) is 4.83. The number of aryl methyl sites for hydroxylation is 1. The first-order chi connectivity index (χ1) is 7.27. The Hall–Kier alpha value is -0.780. The number of rotatable bonds is 3. The number of hydrogen-bond acceptors (Lipinski definition) is 5. The van der Waals surface area contributed by atoms with Crippen LogP contribution in [0.2, 0.25) is 0 Å². The molecular formula is C10H15N3OS. The number of piperazine rings is 1. The molecule has 0 aliphatic carbocycles. The summed E-state index contributed by atoms with van der Waals surface area (Å²) in [6.45, 7) is 6.31. The van der Waals surface area contributed by atoms with Crippen LogP contribution in [0.25, 0.3) is 0 Å². The summed E-state index contributed by atoms with van der Waals surface area (Å²) in [7, 11) is 0. The van der Waals surface area contributed by atoms with E-state index in [2.05, 4.69) is 15.2 Å². The summed E-state index contributed by atoms with van der Waals surface area (Å²) in [5.74, 6) is 0.205. The highest BCUT2D eigenvalue weighted by molar-refractivity contribution is 7.12. The standard InChI is InChI=1S/C10H15N3OS/c1-8-10(15-7-12-8)9(14)6-13-4-2-11-3-5-13/h7,11H,2-6H2,1H3. The number of ketones is 1. The molecule has 1 aliphatic rings. The lowest BCUT2D eigenvalue weighted by Crippen LogP contribution is -2.45. The van der Waals surface area contributed by atoms with Crippen LogP contribution >= 0.6 is 11.3 Å². The molecule has 0 saturated carbocycles. The first-order valence-corrected chi connectivity index (χ1v) is 6.01. The molecule has 0 amide bonds. The number of hydrogen-bond donors (Lipinski definition) is 1. The van der Waals surface area contributed by atoms with Crippen molar-refractivity contribution in [2.75, 3.05) is 32.7 Å². The van der Waals surface area contributed by atoms with Crippen molar-refractivity contribution in [2.24, 2.45) is 0 Å². The predicted molar refractivity (Wildman–Crippen MR) is 60.5 cm³/mol. The number of carbonyl (C=O) groups is 1. The zero-order valence-corrected chi connectivity index (χ0v) is 9.64. The van der Waals surface area contributed by atoms with Crippen LogP contribution in [0.3, 0.4) is 0 Å². The Balaban J connectivity index is 1.94. The second-order valence-electron chi connectivity index (χ2n) is 3.72. The van der Waals surface area contributed by atoms with Gasteiger partial charge in [-0.2, -0.15) is 0 Å². The fraction of sp³-hybridized carbons (Fsp3) is 0.600. The van der Waals surface area contributed by atoms with Crippen molar-refractivity contribution in [3.63, 3.8) is 0 Å². The lowest BCUT2D eigenvalue weighted by molar-refractivity contribution is 0.0925. The zero-order valence-electron chi connectivity index (χ0n) is 8.82. The minimum absolute atomic E-state index is 0.205. The van der Waals surface area contributed by atoms with Gasteiger partial charge in [-0.15, -0.1) is 11.3 Å². The number of nitrogens with one attached hydrogen (secondary N) is 1. The molecule has 1 fully saturated rings. The van der Waals surface area contributed by atoms with E-state index in [-0.39, 0.29) is 5.78 Å². The molecule has 0 aromatic carbocycles. The van der Waals surface area contributed by atoms with Crippen LogP contribution in [-0.2, 0) is 0 Å². The van der Waals surface area contributed by atoms with Gasteiger partial charge in [-0.25, -0.2) is 4.98 Å². The predicted octanol–water partition coefficient (Wildman–Crippen LogP) is 0.539. The van der Waals surface area contributed by atoms with E-state index >= 15 is 0 Å². The lowest BCUT2D eigenvalue weighted by Gasteiger charge is -2.26. The molecule has 2 heterocycles. The highest BCUT2D eigenvalue weighted by atomic mass is 32.1. The first kappa shape index (κ1) is 10.7. The van der Waals surface area contributed by atoms with Crippen LogP contribution in [0.5, 0.6) is 0 Å². The zero-order chi connectivity index (χ0) is 10.7. The molecule has 0 unspecified atom stereocenters. The maximum atomic E-state index is 11.9. The Bertz CT molecular complexity index is 344. The monoisotopic (exact) mass is 225 g/mol. The summed E-state index contributed by atoms with van der Waals surface area (Å²) < 4.78 is 0. The van der Waals surface area contributed by atoms with Crippen LogP contribution in [-0.4, -0.2) is 48.4 Å². The normalized spacial score (nSPS) is 17.9. The molecule has 0 bridgehead atoms. The molecule has 82 valence electrons. The third-order valence-electron chi connectivity index (χ3n) is 2.58. The quantitative estimate of drug-likeness (QED) is 0.763. The van der Waals surface area contributed by atoms with Gasteiger partial charge in [0.1, 0.15) is 0 Å². The topological polar surface area (TPSA) is 45.2 Å². The minimum Gasteiger partial charge on any atom is -0.314 e. The van der Waals surface area contributed by atoms with Gasteiger partial charge in [0.25, 0.3) is 0 Å². The van der Waals surface area contributed by atoms with Crippen LogP contribution in [0.15, 0.2) is 5.51 Å². The average Bonchev–Trinajstić information content (AvgIpc) is 2.66. The SMILES string of the molecule is Cc1ncsc1C(=O)CN1CCNCC1. The molecule has 15 heavy (non-hydrogen) atoms. The van der Waals surface area contributed by atoms with Gasteiger partial charge >= 0.3 is 0 Å². The van der Waals surface area contributed by atoms with Gasteiger partial charge in [-0.05, 0) is 6.92 Å². The van der Waals surface area contributed by atoms with E-state index in [9.17, 15) is 4.79 Å². The third kappa shape index (κ3) is 2.62. The van der Waals surface area contributed by atoms with Gasteiger partial charge in [-0.3, -0.25) is 9.69 Å². The summed E-state index contributed by atoms with van der Waals surface area (Å²) in [6, 6.07) is 0. The fourth-order valence-electron chi connectivity index (χ4n) is 1.71. The Morgan fingerprint density at radius 2 is 2.33 bits per heavy atom. The van der Waals surface area contributed by atoms with Gasteiger partial charge in [0.05, 0.1) is 22.6 Å². The molecule has 1 aromatic heterocycles. The summed E-state index contributed by atoms with van der Waals surface area (Å²) in [5, 5.41) is 3.27. The Morgan fingerprint density at radius 3 is 2.93 bits per heavy atom. The summed E-state index contributed by atoms with van der Waals surface area (Å²) in [6.07, 6.45) is 0. The van der Waals surface area contributed by atoms with E-state index in [0.717, 1.165) is 36.8 Å². The van der Waals surface area contributed by atoms with Crippen LogP contribution in [0, 0.1) is 6.92 Å². The van der Waals surface area contributed by atoms with Crippen LogP contribution < -0.4 is 5.32 Å². The number of thiazole rings is 1. The number of nitrogens with zero attached hydrogens (tertiary/aromatic N) is 2. The number of aromatic nitrogens is 1. The Labute approximate surface area is 93.3 Å². The third-order valence-corrected chi connectivity index (χ3v) is 3.55. The fourth-order valence-corrected chi connectivity index (χ4v) is 2.45. The Kier molecular flexibility index (Phi) is 3.45. The van der Waals surface area contributed by atoms with Crippen molar-refractivity contribution in [2.45, 2.75) is 6.92 Å². The van der Waals surface area contributed by atoms with Gasteiger partial charge in [-0.1, -0.05) is 0 Å². The Morgan fingerprint density at radius 1 is 1.60 bits per heavy atom. The van der Waals surface area contributed by atoms with Crippen molar-refractivity contribution < 1.29 is 4.79 Å². The number of Topliss-reactive ketones (excluding diaryl/α,β-unsaturated/α-hetero) is 1. The molecular weight excluding hydrogens is 210 g/mol. The van der Waals surface area contributed by atoms with Crippen molar-refractivity contribution >= 4 is 17.1 Å². The summed E-state index contributed by atoms with van der Waals surface area (Å²) in [4.78, 5) is 19.0. The number of carbonyl (C=O) groups excluding carboxylic acids is 1. The first-order valence-electron chi connectivity index (χ1n) is 5.14. The highest BCUT2D eigenvalue weighted by Crippen LogP contribution is 2.13. The maximum absolute atomic E-state index is 11.9. The van der Waals surface area contributed by atoms with Crippen molar-refractivity contribution in [1.82, 2.24) is 15.2 Å². The van der Waals surface area contributed by atoms with Gasteiger partial charge < -0.3 is 5.32 Å². The molecule has 1 N–H and O–H groups in total. The molecule has 0 radical (unpaired) electrons. The van der Waals surface area contributed by atoms with Crippen LogP contribution in [0.1, 0.15) is 15.4 Å². The molecule has 0 spiro atoms. The van der Waals surface area contributed by atoms with Crippen molar-refractivity contribution in [3.05, 3.63) is 16.1 Å². The molecule has 1 saturated heterocycles. The minimum atomic E-state index is 0.205. The van der Waals surface area contributed by atoms with Crippen molar-refractivity contribution in [1.29, 1.82) is 0 Å². The lowest BCUT2D eigenvalue weighted by atomic mass is 10.2. The van der Waals surface area contributed by atoms with Gasteiger partial charge in [0.15, 0.2) is 5.78 Å². The van der Waals surface area contributed by atoms with Gasteiger partial charge in [0.2, 0.25) is 0 Å². The molecule has 4 nitrogen and oxygen atoms in total. The molecule has 0 atom stereocenters.